The third kappa shape index (κ3) is 1.46. The van der Waals surface area contributed by atoms with Crippen LogP contribution in [0.25, 0.3) is 0 Å². The van der Waals surface area contributed by atoms with Crippen molar-refractivity contribution in [3.05, 3.63) is 12.1 Å². The number of rotatable bonds is 1. The highest BCUT2D eigenvalue weighted by atomic mass is 16.7. The Balaban J connectivity index is 2.09. The Morgan fingerprint density at radius 3 is 2.94 bits per heavy atom. The van der Waals surface area contributed by atoms with E-state index in [9.17, 15) is 4.79 Å². The van der Waals surface area contributed by atoms with Crippen LogP contribution in [0.3, 0.4) is 0 Å². The molecule has 0 fully saturated rings. The first-order valence-corrected chi connectivity index (χ1v) is 5.21. The highest BCUT2D eigenvalue weighted by Gasteiger charge is 2.27. The summed E-state index contributed by atoms with van der Waals surface area (Å²) in [4.78, 5) is 13.3. The molecule has 0 aromatic heterocycles. The number of carbonyl (C=O) groups excluding carboxylic acids is 1. The number of hydrogen-bond donors (Lipinski definition) is 1. The topological polar surface area (TPSA) is 50.8 Å². The zero-order chi connectivity index (χ0) is 11.8. The number of anilines is 2. The number of terminal acetylenes is 1. The van der Waals surface area contributed by atoms with Crippen molar-refractivity contribution in [1.29, 1.82) is 0 Å². The van der Waals surface area contributed by atoms with Crippen LogP contribution in [0.2, 0.25) is 0 Å². The second kappa shape index (κ2) is 3.59. The van der Waals surface area contributed by atoms with Gasteiger partial charge in [-0.3, -0.25) is 9.69 Å². The Hall–Kier alpha value is -2.35. The van der Waals surface area contributed by atoms with E-state index in [1.54, 1.807) is 11.0 Å². The van der Waals surface area contributed by atoms with Crippen molar-refractivity contribution in [3.8, 4) is 23.8 Å². The standard InChI is InChI=1S/C12H10N2O3/c1-2-3-14-9-5-11-10(16-7-17-11)4-8(9)13-6-12(14)15/h1,4-5,13H,3,6-7H2. The third-order valence-electron chi connectivity index (χ3n) is 2.76. The molecular weight excluding hydrogens is 220 g/mol. The molecule has 0 aliphatic carbocycles. The third-order valence-corrected chi connectivity index (χ3v) is 2.76. The van der Waals surface area contributed by atoms with Crippen LogP contribution in [0, 0.1) is 12.3 Å². The molecule has 2 heterocycles. The predicted octanol–water partition coefficient (Wildman–Crippen LogP) is 0.807. The monoisotopic (exact) mass is 230 g/mol. The second-order valence-corrected chi connectivity index (χ2v) is 3.76. The molecular formula is C12H10N2O3. The lowest BCUT2D eigenvalue weighted by atomic mass is 10.1. The van der Waals surface area contributed by atoms with E-state index in [0.29, 0.717) is 11.5 Å². The lowest BCUT2D eigenvalue weighted by Crippen LogP contribution is -2.40. The van der Waals surface area contributed by atoms with Gasteiger partial charge in [-0.25, -0.2) is 0 Å². The van der Waals surface area contributed by atoms with E-state index in [-0.39, 0.29) is 25.8 Å². The molecule has 0 radical (unpaired) electrons. The number of amides is 1. The SMILES string of the molecule is C#CCN1C(=O)CNc2cc3c(cc21)OCO3. The lowest BCUT2D eigenvalue weighted by Gasteiger charge is -2.28. The number of nitrogens with zero attached hydrogens (tertiary/aromatic N) is 1. The Kier molecular flexibility index (Phi) is 2.08. The molecule has 0 atom stereocenters. The minimum Gasteiger partial charge on any atom is -0.454 e. The number of benzene rings is 1. The molecule has 2 aliphatic heterocycles. The zero-order valence-corrected chi connectivity index (χ0v) is 9.03. The Labute approximate surface area is 98.3 Å². The molecule has 17 heavy (non-hydrogen) atoms. The molecule has 1 aromatic rings. The van der Waals surface area contributed by atoms with Crippen LogP contribution in [-0.2, 0) is 4.79 Å². The van der Waals surface area contributed by atoms with Crippen LogP contribution in [0.15, 0.2) is 12.1 Å². The largest absolute Gasteiger partial charge is 0.454 e. The number of carbonyl (C=O) groups is 1. The van der Waals surface area contributed by atoms with Crippen LogP contribution >= 0.6 is 0 Å². The van der Waals surface area contributed by atoms with Gasteiger partial charge in [0.05, 0.1) is 24.5 Å². The van der Waals surface area contributed by atoms with Gasteiger partial charge in [0.15, 0.2) is 11.5 Å². The molecule has 0 saturated heterocycles. The quantitative estimate of drug-likeness (QED) is 0.725. The lowest BCUT2D eigenvalue weighted by molar-refractivity contribution is -0.117. The molecule has 5 heteroatoms. The van der Waals surface area contributed by atoms with Gasteiger partial charge in [-0.15, -0.1) is 6.42 Å². The van der Waals surface area contributed by atoms with Crippen molar-refractivity contribution >= 4 is 17.3 Å². The van der Waals surface area contributed by atoms with Crippen LogP contribution in [0.5, 0.6) is 11.5 Å². The first-order chi connectivity index (χ1) is 8.29. The van der Waals surface area contributed by atoms with Gasteiger partial charge in [0.1, 0.15) is 0 Å². The van der Waals surface area contributed by atoms with Gasteiger partial charge in [0.25, 0.3) is 0 Å². The second-order valence-electron chi connectivity index (χ2n) is 3.76. The molecule has 0 unspecified atom stereocenters. The van der Waals surface area contributed by atoms with Gasteiger partial charge in [0, 0.05) is 12.1 Å². The van der Waals surface area contributed by atoms with E-state index in [1.165, 1.54) is 0 Å². The number of nitrogens with one attached hydrogen (secondary N) is 1. The first-order valence-electron chi connectivity index (χ1n) is 5.21. The van der Waals surface area contributed by atoms with Gasteiger partial charge < -0.3 is 14.8 Å². The van der Waals surface area contributed by atoms with Crippen molar-refractivity contribution in [2.45, 2.75) is 0 Å². The van der Waals surface area contributed by atoms with Crippen molar-refractivity contribution in [1.82, 2.24) is 0 Å². The molecule has 0 spiro atoms. The van der Waals surface area contributed by atoms with Gasteiger partial charge in [-0.1, -0.05) is 5.92 Å². The molecule has 1 aromatic carbocycles. The fourth-order valence-corrected chi connectivity index (χ4v) is 1.96. The maximum atomic E-state index is 11.7. The number of ether oxygens (including phenoxy) is 2. The maximum Gasteiger partial charge on any atom is 0.247 e. The summed E-state index contributed by atoms with van der Waals surface area (Å²) < 4.78 is 10.6. The summed E-state index contributed by atoms with van der Waals surface area (Å²) in [5.41, 5.74) is 1.58. The highest BCUT2D eigenvalue weighted by molar-refractivity contribution is 6.03. The Morgan fingerprint density at radius 2 is 2.18 bits per heavy atom. The molecule has 86 valence electrons. The Morgan fingerprint density at radius 1 is 1.41 bits per heavy atom. The average Bonchev–Trinajstić information content (AvgIpc) is 2.78. The number of fused-ring (bicyclic) bond motifs is 2. The average molecular weight is 230 g/mol. The normalized spacial score (nSPS) is 16.2. The van der Waals surface area contributed by atoms with Gasteiger partial charge in [-0.2, -0.15) is 0 Å². The van der Waals surface area contributed by atoms with Crippen LogP contribution < -0.4 is 19.7 Å². The van der Waals surface area contributed by atoms with E-state index in [1.807, 2.05) is 6.07 Å². The summed E-state index contributed by atoms with van der Waals surface area (Å²) in [5, 5.41) is 3.04. The predicted molar refractivity (Wildman–Crippen MR) is 62.2 cm³/mol. The summed E-state index contributed by atoms with van der Waals surface area (Å²) in [6.07, 6.45) is 5.27. The number of hydrogen-bond acceptors (Lipinski definition) is 4. The van der Waals surface area contributed by atoms with E-state index < -0.39 is 0 Å². The molecule has 0 bridgehead atoms. The summed E-state index contributed by atoms with van der Waals surface area (Å²) in [6, 6.07) is 3.60. The molecule has 5 nitrogen and oxygen atoms in total. The molecule has 0 saturated carbocycles. The van der Waals surface area contributed by atoms with Crippen LogP contribution in [0.1, 0.15) is 0 Å². The van der Waals surface area contributed by atoms with E-state index in [0.717, 1.165) is 11.4 Å². The van der Waals surface area contributed by atoms with Crippen LogP contribution in [0.4, 0.5) is 11.4 Å². The minimum absolute atomic E-state index is 0.0469. The molecule has 1 N–H and O–H groups in total. The van der Waals surface area contributed by atoms with Gasteiger partial charge >= 0.3 is 0 Å². The molecule has 3 rings (SSSR count). The van der Waals surface area contributed by atoms with Crippen molar-refractivity contribution < 1.29 is 14.3 Å². The zero-order valence-electron chi connectivity index (χ0n) is 9.03. The maximum absolute atomic E-state index is 11.7. The summed E-state index contributed by atoms with van der Waals surface area (Å²) in [7, 11) is 0. The summed E-state index contributed by atoms with van der Waals surface area (Å²) >= 11 is 0. The summed E-state index contributed by atoms with van der Waals surface area (Å²) in [6.45, 7) is 0.711. The fourth-order valence-electron chi connectivity index (χ4n) is 1.96. The minimum atomic E-state index is -0.0469. The van der Waals surface area contributed by atoms with Crippen molar-refractivity contribution in [3.63, 3.8) is 0 Å². The van der Waals surface area contributed by atoms with E-state index in [2.05, 4.69) is 11.2 Å². The van der Waals surface area contributed by atoms with Crippen molar-refractivity contribution in [2.24, 2.45) is 0 Å². The Bertz CT molecular complexity index is 533. The molecule has 1 amide bonds. The highest BCUT2D eigenvalue weighted by Crippen LogP contribution is 2.42. The fraction of sp³-hybridized carbons (Fsp3) is 0.250. The van der Waals surface area contributed by atoms with Crippen LogP contribution in [-0.4, -0.2) is 25.8 Å². The van der Waals surface area contributed by atoms with Gasteiger partial charge in [-0.05, 0) is 0 Å². The first kappa shape index (κ1) is 9.85. The van der Waals surface area contributed by atoms with E-state index in [4.69, 9.17) is 15.9 Å². The molecule has 2 aliphatic rings. The van der Waals surface area contributed by atoms with Gasteiger partial charge in [0.2, 0.25) is 12.7 Å². The van der Waals surface area contributed by atoms with E-state index >= 15 is 0 Å². The smallest absolute Gasteiger partial charge is 0.247 e. The summed E-state index contributed by atoms with van der Waals surface area (Å²) in [5.74, 6) is 3.76. The van der Waals surface area contributed by atoms with Crippen molar-refractivity contribution in [2.75, 3.05) is 30.1 Å².